The smallest absolute Gasteiger partial charge is 0.198 e. The van der Waals surface area contributed by atoms with Gasteiger partial charge in [0.05, 0.1) is 0 Å². The molecule has 0 aliphatic carbocycles. The summed E-state index contributed by atoms with van der Waals surface area (Å²) in [5.41, 5.74) is 4.58. The van der Waals surface area contributed by atoms with Gasteiger partial charge in [-0.1, -0.05) is 94.5 Å². The Morgan fingerprint density at radius 3 is 2.19 bits per heavy atom. The molecule has 1 heterocycles. The quantitative estimate of drug-likeness (QED) is 0.144. The van der Waals surface area contributed by atoms with Gasteiger partial charge in [-0.25, -0.2) is 4.39 Å². The first-order valence-corrected chi connectivity index (χ1v) is 12.3. The van der Waals surface area contributed by atoms with Crippen LogP contribution < -0.4 is 0 Å². The Labute approximate surface area is 195 Å². The minimum atomic E-state index is -0.285. The lowest BCUT2D eigenvalue weighted by molar-refractivity contribution is 0.538. The fourth-order valence-corrected chi connectivity index (χ4v) is 4.70. The number of halogens is 1. The maximum atomic E-state index is 15.0. The molecule has 0 saturated carbocycles. The first kappa shape index (κ1) is 22.7. The average Bonchev–Trinajstić information content (AvgIpc) is 2.82. The molecule has 0 unspecified atom stereocenters. The molecule has 0 aliphatic heterocycles. The van der Waals surface area contributed by atoms with Crippen LogP contribution in [0.1, 0.15) is 63.5 Å². The Balaban J connectivity index is 1.62. The molecule has 3 aromatic carbocycles. The summed E-state index contributed by atoms with van der Waals surface area (Å²) in [4.78, 5) is 0. The predicted molar refractivity (Wildman–Crippen MR) is 136 cm³/mol. The van der Waals surface area contributed by atoms with Gasteiger partial charge in [0.15, 0.2) is 16.1 Å². The standard InChI is InChI=1S/C29H31FOS/c1-3-5-6-7-8-10-20-11-13-21(14-12-20)23-16-17-24-25-18-15-22(9-4-2)27(30)28(25)31-29(32)26(24)19-23/h11-19H,3-10H2,1-2H3. The van der Waals surface area contributed by atoms with Gasteiger partial charge in [-0.05, 0) is 65.2 Å². The van der Waals surface area contributed by atoms with Gasteiger partial charge < -0.3 is 4.42 Å². The lowest BCUT2D eigenvalue weighted by Gasteiger charge is -2.10. The summed E-state index contributed by atoms with van der Waals surface area (Å²) >= 11 is 5.52. The molecule has 0 spiro atoms. The van der Waals surface area contributed by atoms with Crippen molar-refractivity contribution in [1.82, 2.24) is 0 Å². The van der Waals surface area contributed by atoms with E-state index in [0.29, 0.717) is 16.7 Å². The zero-order chi connectivity index (χ0) is 22.5. The van der Waals surface area contributed by atoms with E-state index >= 15 is 0 Å². The summed E-state index contributed by atoms with van der Waals surface area (Å²) in [5.74, 6) is -0.285. The second-order valence-corrected chi connectivity index (χ2v) is 9.05. The molecule has 0 radical (unpaired) electrons. The Hall–Kier alpha value is -2.52. The molecular formula is C29H31FOS. The van der Waals surface area contributed by atoms with Gasteiger partial charge in [0.1, 0.15) is 0 Å². The Morgan fingerprint density at radius 1 is 0.719 bits per heavy atom. The predicted octanol–water partition coefficient (Wildman–Crippen LogP) is 9.59. The topological polar surface area (TPSA) is 13.1 Å². The molecule has 0 fully saturated rings. The lowest BCUT2D eigenvalue weighted by atomic mass is 9.98. The van der Waals surface area contributed by atoms with Gasteiger partial charge >= 0.3 is 0 Å². The minimum Gasteiger partial charge on any atom is -0.441 e. The van der Waals surface area contributed by atoms with Gasteiger partial charge in [0.25, 0.3) is 0 Å². The zero-order valence-corrected chi connectivity index (χ0v) is 19.9. The van der Waals surface area contributed by atoms with E-state index in [9.17, 15) is 4.39 Å². The van der Waals surface area contributed by atoms with Gasteiger partial charge in [0.2, 0.25) is 0 Å². The molecule has 166 valence electrons. The number of rotatable bonds is 9. The number of aryl methyl sites for hydroxylation is 2. The molecule has 0 amide bonds. The van der Waals surface area contributed by atoms with Gasteiger partial charge in [-0.15, -0.1) is 0 Å². The SMILES string of the molecule is CCCCCCCc1ccc(-c2ccc3c(c2)c(=S)oc2c(F)c(CCC)ccc23)cc1. The van der Waals surface area contributed by atoms with Crippen LogP contribution in [0.2, 0.25) is 0 Å². The summed E-state index contributed by atoms with van der Waals surface area (Å²) in [6.45, 7) is 4.29. The molecule has 4 rings (SSSR count). The van der Waals surface area contributed by atoms with E-state index in [4.69, 9.17) is 16.6 Å². The van der Waals surface area contributed by atoms with E-state index in [1.54, 1.807) is 0 Å². The van der Waals surface area contributed by atoms with E-state index in [0.717, 1.165) is 40.1 Å². The third-order valence-corrected chi connectivity index (χ3v) is 6.58. The maximum absolute atomic E-state index is 15.0. The van der Waals surface area contributed by atoms with Gasteiger partial charge in [-0.2, -0.15) is 0 Å². The van der Waals surface area contributed by atoms with Crippen LogP contribution in [0.4, 0.5) is 4.39 Å². The minimum absolute atomic E-state index is 0.268. The number of benzene rings is 3. The zero-order valence-electron chi connectivity index (χ0n) is 19.0. The number of hydrogen-bond donors (Lipinski definition) is 0. The molecule has 0 saturated heterocycles. The molecular weight excluding hydrogens is 415 g/mol. The van der Waals surface area contributed by atoms with Crippen LogP contribution in [0.15, 0.2) is 59.0 Å². The van der Waals surface area contributed by atoms with Crippen molar-refractivity contribution in [3.05, 3.63) is 76.2 Å². The molecule has 0 atom stereocenters. The maximum Gasteiger partial charge on any atom is 0.198 e. The van der Waals surface area contributed by atoms with Crippen molar-refractivity contribution in [1.29, 1.82) is 0 Å². The second-order valence-electron chi connectivity index (χ2n) is 8.68. The van der Waals surface area contributed by atoms with E-state index < -0.39 is 0 Å². The van der Waals surface area contributed by atoms with E-state index in [2.05, 4.69) is 43.3 Å². The van der Waals surface area contributed by atoms with Crippen LogP contribution >= 0.6 is 12.2 Å². The number of hydrogen-bond acceptors (Lipinski definition) is 2. The molecule has 0 bridgehead atoms. The van der Waals surface area contributed by atoms with E-state index in [-0.39, 0.29) is 11.4 Å². The van der Waals surface area contributed by atoms with Crippen LogP contribution in [-0.2, 0) is 12.8 Å². The van der Waals surface area contributed by atoms with Crippen molar-refractivity contribution in [3.8, 4) is 11.1 Å². The van der Waals surface area contributed by atoms with Crippen LogP contribution in [0.5, 0.6) is 0 Å². The average molecular weight is 447 g/mol. The fourth-order valence-electron chi connectivity index (χ4n) is 4.44. The highest BCUT2D eigenvalue weighted by Crippen LogP contribution is 2.33. The van der Waals surface area contributed by atoms with Crippen LogP contribution in [-0.4, -0.2) is 0 Å². The molecule has 3 heteroatoms. The van der Waals surface area contributed by atoms with Crippen LogP contribution in [0.3, 0.4) is 0 Å². The highest BCUT2D eigenvalue weighted by Gasteiger charge is 2.14. The first-order chi connectivity index (χ1) is 15.6. The fraction of sp³-hybridized carbons (Fsp3) is 0.345. The van der Waals surface area contributed by atoms with Crippen molar-refractivity contribution in [2.45, 2.75) is 65.2 Å². The van der Waals surface area contributed by atoms with E-state index in [1.807, 2.05) is 25.1 Å². The third kappa shape index (κ3) is 4.78. The summed E-state index contributed by atoms with van der Waals surface area (Å²) in [6, 6.07) is 18.8. The van der Waals surface area contributed by atoms with Gasteiger partial charge in [0, 0.05) is 10.8 Å². The first-order valence-electron chi connectivity index (χ1n) is 11.9. The Bertz CT molecular complexity index is 1270. The van der Waals surface area contributed by atoms with Crippen molar-refractivity contribution in [3.63, 3.8) is 0 Å². The molecule has 4 aromatic rings. The van der Waals surface area contributed by atoms with Crippen molar-refractivity contribution >= 4 is 34.0 Å². The number of fused-ring (bicyclic) bond motifs is 3. The van der Waals surface area contributed by atoms with Gasteiger partial charge in [-0.3, -0.25) is 0 Å². The molecule has 0 N–H and O–H groups in total. The number of unbranched alkanes of at least 4 members (excludes halogenated alkanes) is 4. The molecule has 0 aliphatic rings. The summed E-state index contributed by atoms with van der Waals surface area (Å²) in [7, 11) is 0. The highest BCUT2D eigenvalue weighted by molar-refractivity contribution is 7.71. The Morgan fingerprint density at radius 2 is 1.44 bits per heavy atom. The molecule has 1 nitrogen and oxygen atoms in total. The normalized spacial score (nSPS) is 11.5. The third-order valence-electron chi connectivity index (χ3n) is 6.28. The monoisotopic (exact) mass is 446 g/mol. The molecule has 32 heavy (non-hydrogen) atoms. The van der Waals surface area contributed by atoms with E-state index in [1.165, 1.54) is 37.7 Å². The van der Waals surface area contributed by atoms with Crippen molar-refractivity contribution in [2.75, 3.05) is 0 Å². The highest BCUT2D eigenvalue weighted by atomic mass is 32.1. The second kappa shape index (κ2) is 10.4. The Kier molecular flexibility index (Phi) is 7.36. The summed E-state index contributed by atoms with van der Waals surface area (Å²) in [6.07, 6.45) is 9.21. The summed E-state index contributed by atoms with van der Waals surface area (Å²) in [5, 5.41) is 2.56. The van der Waals surface area contributed by atoms with Crippen molar-refractivity contribution < 1.29 is 8.81 Å². The van der Waals surface area contributed by atoms with Crippen molar-refractivity contribution in [2.24, 2.45) is 0 Å². The largest absolute Gasteiger partial charge is 0.441 e. The van der Waals surface area contributed by atoms with Crippen LogP contribution in [0, 0.1) is 10.5 Å². The van der Waals surface area contributed by atoms with Crippen LogP contribution in [0.25, 0.3) is 32.9 Å². The molecule has 1 aromatic heterocycles. The lowest BCUT2D eigenvalue weighted by Crippen LogP contribution is -1.92. The summed E-state index contributed by atoms with van der Waals surface area (Å²) < 4.78 is 21.1.